The van der Waals surface area contributed by atoms with Gasteiger partial charge in [-0.2, -0.15) is 0 Å². The van der Waals surface area contributed by atoms with Gasteiger partial charge in [0, 0.05) is 26.2 Å². The minimum absolute atomic E-state index is 0.943. The Morgan fingerprint density at radius 2 is 0.457 bits per heavy atom. The number of nitrogens with zero attached hydrogens (tertiary/aromatic N) is 4. The summed E-state index contributed by atoms with van der Waals surface area (Å²) in [5, 5.41) is 0. The molecule has 0 amide bonds. The van der Waals surface area contributed by atoms with Crippen molar-refractivity contribution >= 4 is 0 Å². The van der Waals surface area contributed by atoms with Gasteiger partial charge in [-0.25, -0.2) is 0 Å². The summed E-state index contributed by atoms with van der Waals surface area (Å²) in [7, 11) is 0. The summed E-state index contributed by atoms with van der Waals surface area (Å²) in [4.78, 5) is 11.6. The van der Waals surface area contributed by atoms with Gasteiger partial charge in [-0.05, 0) is 110 Å². The summed E-state index contributed by atoms with van der Waals surface area (Å²) in [5.74, 6) is 0.943. The van der Waals surface area contributed by atoms with E-state index < -0.39 is 0 Å². The average molecular weight is 986 g/mol. The standard InChI is InChI=1S/C66H136N4/c1-6-11-16-21-26-28-30-32-34-39-44-46-54-67(55-47-45-40-35-33-31-29-27-22-17-12-7-2)59-51-66-52-60-70(61-53-66)65-64-69(58-50-43-38-25-20-15-10-5)63-62-68(56-48-41-36-23-18-13-8-3)57-49-42-37-24-19-14-9-4/h66H,6-65H2,1-5H3. The minimum atomic E-state index is 0.943. The molecular weight excluding hydrogens is 849 g/mol. The van der Waals surface area contributed by atoms with Gasteiger partial charge in [-0.3, -0.25) is 0 Å². The molecule has 4 heteroatoms. The van der Waals surface area contributed by atoms with Crippen LogP contribution in [0.5, 0.6) is 0 Å². The van der Waals surface area contributed by atoms with E-state index in [9.17, 15) is 0 Å². The van der Waals surface area contributed by atoms with Crippen molar-refractivity contribution in [2.24, 2.45) is 5.92 Å². The Kier molecular flexibility index (Phi) is 54.8. The van der Waals surface area contributed by atoms with Crippen molar-refractivity contribution < 1.29 is 0 Å². The monoisotopic (exact) mass is 985 g/mol. The van der Waals surface area contributed by atoms with E-state index in [0.717, 1.165) is 5.92 Å². The Labute approximate surface area is 444 Å². The lowest BCUT2D eigenvalue weighted by Gasteiger charge is -2.35. The summed E-state index contributed by atoms with van der Waals surface area (Å²) in [6, 6.07) is 0. The number of unbranched alkanes of at least 4 members (excludes halogenated alkanes) is 40. The number of hydrogen-bond donors (Lipinski definition) is 0. The number of hydrogen-bond acceptors (Lipinski definition) is 4. The molecule has 0 aromatic rings. The van der Waals surface area contributed by atoms with Gasteiger partial charge in [0.1, 0.15) is 0 Å². The largest absolute Gasteiger partial charge is 0.303 e. The van der Waals surface area contributed by atoms with E-state index >= 15 is 0 Å². The molecule has 0 atom stereocenters. The Bertz CT molecular complexity index is 902. The fourth-order valence-corrected chi connectivity index (χ4v) is 11.7. The molecule has 420 valence electrons. The highest BCUT2D eigenvalue weighted by Crippen LogP contribution is 2.22. The van der Waals surface area contributed by atoms with Gasteiger partial charge < -0.3 is 19.6 Å². The Hall–Kier alpha value is -0.160. The third-order valence-electron chi connectivity index (χ3n) is 16.9. The van der Waals surface area contributed by atoms with Gasteiger partial charge >= 0.3 is 0 Å². The molecule has 1 aliphatic rings. The highest BCUT2D eigenvalue weighted by Gasteiger charge is 2.21. The molecule has 0 aliphatic carbocycles. The van der Waals surface area contributed by atoms with Crippen LogP contribution in [-0.2, 0) is 0 Å². The molecule has 1 saturated heterocycles. The number of rotatable bonds is 59. The molecule has 0 aromatic heterocycles. The van der Waals surface area contributed by atoms with Crippen molar-refractivity contribution in [3.63, 3.8) is 0 Å². The summed E-state index contributed by atoms with van der Waals surface area (Å²) in [5.41, 5.74) is 0. The van der Waals surface area contributed by atoms with Gasteiger partial charge in [-0.1, -0.05) is 291 Å². The van der Waals surface area contributed by atoms with Crippen molar-refractivity contribution in [2.45, 2.75) is 343 Å². The van der Waals surface area contributed by atoms with Crippen LogP contribution in [0.1, 0.15) is 343 Å². The molecule has 1 heterocycles. The Balaban J connectivity index is 2.63. The van der Waals surface area contributed by atoms with Crippen molar-refractivity contribution in [2.75, 3.05) is 78.5 Å². The maximum atomic E-state index is 2.94. The van der Waals surface area contributed by atoms with E-state index in [0.29, 0.717) is 0 Å². The van der Waals surface area contributed by atoms with Crippen LogP contribution in [-0.4, -0.2) is 98.1 Å². The summed E-state index contributed by atoms with van der Waals surface area (Å²) in [6.07, 6.45) is 69.1. The molecule has 0 spiro atoms. The Morgan fingerprint density at radius 3 is 0.714 bits per heavy atom. The lowest BCUT2D eigenvalue weighted by atomic mass is 9.93. The van der Waals surface area contributed by atoms with Gasteiger partial charge in [0.25, 0.3) is 0 Å². The normalized spacial score (nSPS) is 13.9. The lowest BCUT2D eigenvalue weighted by molar-refractivity contribution is 0.134. The molecule has 1 fully saturated rings. The van der Waals surface area contributed by atoms with Crippen LogP contribution in [0, 0.1) is 5.92 Å². The van der Waals surface area contributed by atoms with E-state index in [-0.39, 0.29) is 0 Å². The van der Waals surface area contributed by atoms with E-state index in [1.807, 2.05) is 0 Å². The van der Waals surface area contributed by atoms with Gasteiger partial charge in [0.2, 0.25) is 0 Å². The van der Waals surface area contributed by atoms with Gasteiger partial charge in [0.15, 0.2) is 0 Å². The maximum Gasteiger partial charge on any atom is 0.0110 e. The first-order valence-corrected chi connectivity index (χ1v) is 33.6. The fourth-order valence-electron chi connectivity index (χ4n) is 11.7. The average Bonchev–Trinajstić information content (AvgIpc) is 3.37. The SMILES string of the molecule is CCCCCCCCCCCCCCN(CCCCCCCCCCCCCC)CCC1CCN(CCN(CCCCCCCCC)CCN(CCCCCCCCC)CCCCCCCCC)CC1. The van der Waals surface area contributed by atoms with Crippen molar-refractivity contribution in [1.29, 1.82) is 0 Å². The molecule has 0 saturated carbocycles. The van der Waals surface area contributed by atoms with Crippen LogP contribution in [0.3, 0.4) is 0 Å². The third-order valence-corrected chi connectivity index (χ3v) is 16.9. The third kappa shape index (κ3) is 47.5. The summed E-state index contributed by atoms with van der Waals surface area (Å²) < 4.78 is 0. The molecule has 4 nitrogen and oxygen atoms in total. The van der Waals surface area contributed by atoms with E-state index in [4.69, 9.17) is 0 Å². The molecule has 70 heavy (non-hydrogen) atoms. The second kappa shape index (κ2) is 56.6. The van der Waals surface area contributed by atoms with Crippen molar-refractivity contribution in [1.82, 2.24) is 19.6 Å². The minimum Gasteiger partial charge on any atom is -0.303 e. The van der Waals surface area contributed by atoms with Crippen molar-refractivity contribution in [3.8, 4) is 0 Å². The van der Waals surface area contributed by atoms with Gasteiger partial charge in [0.05, 0.1) is 0 Å². The molecule has 0 radical (unpaired) electrons. The molecule has 0 bridgehead atoms. The molecule has 0 unspecified atom stereocenters. The predicted molar refractivity (Wildman–Crippen MR) is 319 cm³/mol. The van der Waals surface area contributed by atoms with Crippen LogP contribution >= 0.6 is 0 Å². The first-order valence-electron chi connectivity index (χ1n) is 33.6. The highest BCUT2D eigenvalue weighted by atomic mass is 15.2. The second-order valence-electron chi connectivity index (χ2n) is 23.7. The molecule has 1 rings (SSSR count). The smallest absolute Gasteiger partial charge is 0.0110 e. The van der Waals surface area contributed by atoms with E-state index in [1.165, 1.54) is 387 Å². The zero-order valence-electron chi connectivity index (χ0n) is 49.8. The fraction of sp³-hybridized carbons (Fsp3) is 1.00. The highest BCUT2D eigenvalue weighted by molar-refractivity contribution is 4.76. The second-order valence-corrected chi connectivity index (χ2v) is 23.7. The molecule has 1 aliphatic heterocycles. The number of likely N-dealkylation sites (tertiary alicyclic amines) is 1. The van der Waals surface area contributed by atoms with E-state index in [2.05, 4.69) is 54.2 Å². The topological polar surface area (TPSA) is 13.0 Å². The summed E-state index contributed by atoms with van der Waals surface area (Å²) >= 11 is 0. The van der Waals surface area contributed by atoms with Crippen LogP contribution in [0.2, 0.25) is 0 Å². The zero-order chi connectivity index (χ0) is 50.3. The quantitative estimate of drug-likeness (QED) is 0.0563. The molecule has 0 aromatic carbocycles. The first kappa shape index (κ1) is 67.9. The molecular formula is C66H136N4. The number of piperidine rings is 1. The van der Waals surface area contributed by atoms with Crippen LogP contribution in [0.25, 0.3) is 0 Å². The van der Waals surface area contributed by atoms with Crippen molar-refractivity contribution in [3.05, 3.63) is 0 Å². The Morgan fingerprint density at radius 1 is 0.243 bits per heavy atom. The van der Waals surface area contributed by atoms with Crippen LogP contribution in [0.15, 0.2) is 0 Å². The summed E-state index contributed by atoms with van der Waals surface area (Å²) in [6.45, 7) is 27.6. The van der Waals surface area contributed by atoms with E-state index in [1.54, 1.807) is 0 Å². The predicted octanol–water partition coefficient (Wildman–Crippen LogP) is 20.6. The van der Waals surface area contributed by atoms with Gasteiger partial charge in [-0.15, -0.1) is 0 Å². The maximum absolute atomic E-state index is 2.94. The van der Waals surface area contributed by atoms with Crippen LogP contribution in [0.4, 0.5) is 0 Å². The lowest BCUT2D eigenvalue weighted by Crippen LogP contribution is -2.43. The van der Waals surface area contributed by atoms with Crippen LogP contribution < -0.4 is 0 Å². The first-order chi connectivity index (χ1) is 34.7. The molecule has 0 N–H and O–H groups in total. The zero-order valence-corrected chi connectivity index (χ0v) is 49.8.